The van der Waals surface area contributed by atoms with Crippen molar-refractivity contribution in [3.8, 4) is 28.7 Å². The van der Waals surface area contributed by atoms with Gasteiger partial charge in [-0.3, -0.25) is 4.79 Å². The summed E-state index contributed by atoms with van der Waals surface area (Å²) in [4.78, 5) is 12.5. The minimum absolute atomic E-state index is 0.0186. The van der Waals surface area contributed by atoms with Crippen molar-refractivity contribution in [2.45, 2.75) is 0 Å². The van der Waals surface area contributed by atoms with Crippen molar-refractivity contribution in [3.63, 3.8) is 0 Å². The highest BCUT2D eigenvalue weighted by Gasteiger charge is 2.22. The minimum Gasteiger partial charge on any atom is -0.504 e. The summed E-state index contributed by atoms with van der Waals surface area (Å²) in [6.07, 6.45) is 2.73. The molecule has 144 valence electrons. The molecule has 2 aromatic rings. The van der Waals surface area contributed by atoms with Crippen LogP contribution in [-0.4, -0.2) is 39.3 Å². The topological polar surface area (TPSA) is 86.3 Å². The second kappa shape index (κ2) is 9.05. The van der Waals surface area contributed by atoms with Gasteiger partial charge < -0.3 is 29.4 Å². The van der Waals surface area contributed by atoms with Crippen LogP contribution >= 0.6 is 11.6 Å². The van der Waals surface area contributed by atoms with Crippen molar-refractivity contribution >= 4 is 23.1 Å². The van der Waals surface area contributed by atoms with E-state index >= 15 is 0 Å². The van der Waals surface area contributed by atoms with Crippen LogP contribution in [0.5, 0.6) is 28.7 Å². The maximum atomic E-state index is 12.5. The number of carbonyl (C=O) groups excluding carboxylic acids is 1. The van der Waals surface area contributed by atoms with Crippen LogP contribution in [0.3, 0.4) is 0 Å². The Morgan fingerprint density at radius 2 is 1.67 bits per heavy atom. The van der Waals surface area contributed by atoms with Crippen molar-refractivity contribution in [2.24, 2.45) is 0 Å². The van der Waals surface area contributed by atoms with Crippen molar-refractivity contribution in [2.75, 3.05) is 33.8 Å². The van der Waals surface area contributed by atoms with Crippen LogP contribution < -0.4 is 24.3 Å². The van der Waals surface area contributed by atoms with Crippen LogP contribution in [0, 0.1) is 0 Å². The molecule has 0 aliphatic carbocycles. The Morgan fingerprint density at radius 1 is 1.00 bits per heavy atom. The Morgan fingerprint density at radius 3 is 2.22 bits per heavy atom. The number of rotatable bonds is 8. The largest absolute Gasteiger partial charge is 0.504 e. The molecule has 27 heavy (non-hydrogen) atoms. The zero-order valence-electron chi connectivity index (χ0n) is 15.3. The Kier molecular flexibility index (Phi) is 6.79. The summed E-state index contributed by atoms with van der Waals surface area (Å²) in [7, 11) is 5.78. The van der Waals surface area contributed by atoms with E-state index in [0.717, 1.165) is 0 Å². The zero-order valence-corrected chi connectivity index (χ0v) is 16.1. The highest BCUT2D eigenvalue weighted by Crippen LogP contribution is 2.44. The van der Waals surface area contributed by atoms with E-state index in [1.54, 1.807) is 12.1 Å². The van der Waals surface area contributed by atoms with Gasteiger partial charge in [0, 0.05) is 29.6 Å². The number of aromatic hydroxyl groups is 1. The molecule has 0 radical (unpaired) electrons. The molecule has 0 atom stereocenters. The summed E-state index contributed by atoms with van der Waals surface area (Å²) in [5.41, 5.74) is 0.773. The molecule has 0 amide bonds. The van der Waals surface area contributed by atoms with Crippen LogP contribution in [0.25, 0.3) is 0 Å². The number of ketones is 1. The second-order valence-electron chi connectivity index (χ2n) is 5.24. The van der Waals surface area contributed by atoms with E-state index in [1.807, 2.05) is 0 Å². The molecule has 2 aromatic carbocycles. The predicted octanol–water partition coefficient (Wildman–Crippen LogP) is 3.89. The van der Waals surface area contributed by atoms with Gasteiger partial charge in [-0.25, -0.2) is 0 Å². The molecule has 0 saturated carbocycles. The SMILES string of the molecule is COc1ccc(N/C=C\C(=O)c2cc(OC)c(OC)c(OC)c2Cl)cc1O. The Hall–Kier alpha value is -3.06. The number of hydrogen-bond donors (Lipinski definition) is 2. The van der Waals surface area contributed by atoms with Crippen LogP contribution in [0.2, 0.25) is 5.02 Å². The molecule has 0 spiro atoms. The summed E-state index contributed by atoms with van der Waals surface area (Å²) < 4.78 is 20.7. The lowest BCUT2D eigenvalue weighted by molar-refractivity contribution is 0.104. The van der Waals surface area contributed by atoms with Crippen molar-refractivity contribution in [3.05, 3.63) is 47.1 Å². The Balaban J connectivity index is 2.25. The van der Waals surface area contributed by atoms with Gasteiger partial charge in [0.15, 0.2) is 28.8 Å². The number of allylic oxidation sites excluding steroid dienone is 1. The lowest BCUT2D eigenvalue weighted by Crippen LogP contribution is -2.03. The number of carbonyl (C=O) groups is 1. The molecule has 8 heteroatoms. The van der Waals surface area contributed by atoms with E-state index in [0.29, 0.717) is 22.9 Å². The van der Waals surface area contributed by atoms with Crippen LogP contribution in [-0.2, 0) is 0 Å². The van der Waals surface area contributed by atoms with E-state index < -0.39 is 0 Å². The van der Waals surface area contributed by atoms with E-state index in [2.05, 4.69) is 5.32 Å². The van der Waals surface area contributed by atoms with Gasteiger partial charge in [0.1, 0.15) is 0 Å². The van der Waals surface area contributed by atoms with Crippen molar-refractivity contribution < 1.29 is 28.8 Å². The first kappa shape index (κ1) is 20.3. The first-order valence-electron chi connectivity index (χ1n) is 7.79. The van der Waals surface area contributed by atoms with Crippen molar-refractivity contribution in [1.82, 2.24) is 0 Å². The number of hydrogen-bond acceptors (Lipinski definition) is 7. The van der Waals surface area contributed by atoms with Gasteiger partial charge in [0.05, 0.1) is 33.5 Å². The molecule has 0 heterocycles. The molecule has 0 fully saturated rings. The quantitative estimate of drug-likeness (QED) is 0.519. The summed E-state index contributed by atoms with van der Waals surface area (Å²) >= 11 is 6.28. The smallest absolute Gasteiger partial charge is 0.204 e. The van der Waals surface area contributed by atoms with E-state index in [1.165, 1.54) is 52.8 Å². The molecule has 0 aliphatic rings. The average Bonchev–Trinajstić information content (AvgIpc) is 2.67. The third-order valence-corrected chi connectivity index (χ3v) is 4.07. The standard InChI is InChI=1S/C19H20ClNO6/c1-24-15-6-5-11(9-14(15)23)21-8-7-13(22)12-10-16(25-2)18(26-3)19(27-4)17(12)20/h5-10,21,23H,1-4H3/b8-7-. The summed E-state index contributed by atoms with van der Waals surface area (Å²) in [6, 6.07) is 6.25. The Labute approximate surface area is 162 Å². The fourth-order valence-electron chi connectivity index (χ4n) is 2.38. The van der Waals surface area contributed by atoms with Gasteiger partial charge in [-0.1, -0.05) is 11.6 Å². The zero-order chi connectivity index (χ0) is 20.0. The normalized spacial score (nSPS) is 10.6. The monoisotopic (exact) mass is 393 g/mol. The lowest BCUT2D eigenvalue weighted by Gasteiger charge is -2.15. The number of phenols is 1. The second-order valence-corrected chi connectivity index (χ2v) is 5.61. The number of halogens is 1. The fourth-order valence-corrected chi connectivity index (χ4v) is 2.69. The number of anilines is 1. The van der Waals surface area contributed by atoms with Crippen molar-refractivity contribution in [1.29, 1.82) is 0 Å². The number of ether oxygens (including phenoxy) is 4. The van der Waals surface area contributed by atoms with Crippen LogP contribution in [0.1, 0.15) is 10.4 Å². The molecular weight excluding hydrogens is 374 g/mol. The number of benzene rings is 2. The summed E-state index contributed by atoms with van der Waals surface area (Å²) in [5.74, 6) is 0.799. The van der Waals surface area contributed by atoms with E-state index in [9.17, 15) is 9.90 Å². The van der Waals surface area contributed by atoms with E-state index in [4.69, 9.17) is 30.5 Å². The lowest BCUT2D eigenvalue weighted by atomic mass is 10.1. The molecule has 0 aliphatic heterocycles. The van der Waals surface area contributed by atoms with Gasteiger partial charge in [-0.15, -0.1) is 0 Å². The minimum atomic E-state index is -0.371. The molecule has 0 aromatic heterocycles. The predicted molar refractivity (Wildman–Crippen MR) is 103 cm³/mol. The number of phenolic OH excluding ortho intramolecular Hbond substituents is 1. The summed E-state index contributed by atoms with van der Waals surface area (Å²) in [6.45, 7) is 0. The molecule has 0 saturated heterocycles. The Bertz CT molecular complexity index is 866. The maximum Gasteiger partial charge on any atom is 0.204 e. The number of nitrogens with one attached hydrogen (secondary N) is 1. The molecule has 0 bridgehead atoms. The molecular formula is C19H20ClNO6. The van der Waals surface area contributed by atoms with Gasteiger partial charge in [-0.05, 0) is 18.2 Å². The van der Waals surface area contributed by atoms with Gasteiger partial charge in [0.2, 0.25) is 5.75 Å². The first-order valence-corrected chi connectivity index (χ1v) is 8.17. The van der Waals surface area contributed by atoms with Gasteiger partial charge >= 0.3 is 0 Å². The molecule has 2 N–H and O–H groups in total. The summed E-state index contributed by atoms with van der Waals surface area (Å²) in [5, 5.41) is 12.8. The fraction of sp³-hybridized carbons (Fsp3) is 0.211. The molecule has 0 unspecified atom stereocenters. The third kappa shape index (κ3) is 4.38. The maximum absolute atomic E-state index is 12.5. The number of methoxy groups -OCH3 is 4. The van der Waals surface area contributed by atoms with Crippen LogP contribution in [0.15, 0.2) is 36.5 Å². The first-order chi connectivity index (χ1) is 13.0. The molecule has 7 nitrogen and oxygen atoms in total. The average molecular weight is 394 g/mol. The highest BCUT2D eigenvalue weighted by atomic mass is 35.5. The third-order valence-electron chi connectivity index (χ3n) is 3.70. The van der Waals surface area contributed by atoms with E-state index in [-0.39, 0.29) is 27.9 Å². The highest BCUT2D eigenvalue weighted by molar-refractivity contribution is 6.36. The van der Waals surface area contributed by atoms with Gasteiger partial charge in [-0.2, -0.15) is 0 Å². The van der Waals surface area contributed by atoms with Gasteiger partial charge in [0.25, 0.3) is 0 Å². The van der Waals surface area contributed by atoms with Crippen LogP contribution in [0.4, 0.5) is 5.69 Å². The molecule has 2 rings (SSSR count).